The molecule has 2 heteroatoms. The summed E-state index contributed by atoms with van der Waals surface area (Å²) in [6.07, 6.45) is 5.61. The molecule has 0 heterocycles. The topological polar surface area (TPSA) is 3.24 Å². The first kappa shape index (κ1) is 13.1. The van der Waals surface area contributed by atoms with Gasteiger partial charge in [0.2, 0.25) is 0 Å². The van der Waals surface area contributed by atoms with E-state index in [0.29, 0.717) is 5.92 Å². The number of nitrogens with zero attached hydrogens (tertiary/aromatic N) is 1. The number of halogens is 1. The molecule has 1 atom stereocenters. The third kappa shape index (κ3) is 3.56. The van der Waals surface area contributed by atoms with Crippen molar-refractivity contribution in [2.45, 2.75) is 37.6 Å². The van der Waals surface area contributed by atoms with Crippen molar-refractivity contribution < 1.29 is 0 Å². The van der Waals surface area contributed by atoms with E-state index in [1.807, 2.05) is 0 Å². The van der Waals surface area contributed by atoms with Crippen LogP contribution in [0, 0.1) is 0 Å². The fourth-order valence-electron chi connectivity index (χ4n) is 2.81. The van der Waals surface area contributed by atoms with E-state index in [2.05, 4.69) is 58.2 Å². The molecule has 1 saturated carbocycles. The highest BCUT2D eigenvalue weighted by Crippen LogP contribution is 2.26. The number of hydrogen-bond donors (Lipinski definition) is 0. The highest BCUT2D eigenvalue weighted by Gasteiger charge is 2.22. The summed E-state index contributed by atoms with van der Waals surface area (Å²) in [5, 5.41) is 1.05. The van der Waals surface area contributed by atoms with Crippen LogP contribution in [0.5, 0.6) is 0 Å². The van der Waals surface area contributed by atoms with Gasteiger partial charge in [-0.05, 0) is 25.5 Å². The summed E-state index contributed by atoms with van der Waals surface area (Å²) in [7, 11) is 2.29. The van der Waals surface area contributed by atoms with Gasteiger partial charge in [-0.1, -0.05) is 59.1 Å². The van der Waals surface area contributed by atoms with Gasteiger partial charge >= 0.3 is 0 Å². The lowest BCUT2D eigenvalue weighted by Crippen LogP contribution is -2.33. The van der Waals surface area contributed by atoms with Crippen molar-refractivity contribution in [3.05, 3.63) is 35.9 Å². The van der Waals surface area contributed by atoms with Crippen LogP contribution >= 0.6 is 15.9 Å². The van der Waals surface area contributed by atoms with E-state index in [4.69, 9.17) is 0 Å². The Labute approximate surface area is 113 Å². The third-order valence-electron chi connectivity index (χ3n) is 3.91. The van der Waals surface area contributed by atoms with E-state index >= 15 is 0 Å². The Morgan fingerprint density at radius 3 is 2.47 bits per heavy atom. The molecule has 1 aromatic rings. The molecule has 94 valence electrons. The van der Waals surface area contributed by atoms with Crippen LogP contribution in [0.1, 0.15) is 37.2 Å². The first-order chi connectivity index (χ1) is 8.31. The van der Waals surface area contributed by atoms with Crippen LogP contribution in [0.4, 0.5) is 0 Å². The second kappa shape index (κ2) is 6.55. The molecule has 1 fully saturated rings. The van der Waals surface area contributed by atoms with Crippen molar-refractivity contribution in [2.75, 3.05) is 18.9 Å². The smallest absolute Gasteiger partial charge is 0.0112 e. The second-order valence-corrected chi connectivity index (χ2v) is 5.79. The summed E-state index contributed by atoms with van der Waals surface area (Å²) in [5.74, 6) is 0.613. The lowest BCUT2D eigenvalue weighted by molar-refractivity contribution is 0.235. The third-order valence-corrected chi connectivity index (χ3v) is 4.70. The first-order valence-corrected chi connectivity index (χ1v) is 7.74. The maximum atomic E-state index is 3.66. The van der Waals surface area contributed by atoms with Crippen molar-refractivity contribution >= 4 is 15.9 Å². The predicted molar refractivity (Wildman–Crippen MR) is 77.9 cm³/mol. The maximum Gasteiger partial charge on any atom is 0.0112 e. The number of benzene rings is 1. The van der Waals surface area contributed by atoms with Crippen LogP contribution in [-0.4, -0.2) is 29.9 Å². The van der Waals surface area contributed by atoms with Crippen LogP contribution in [0.3, 0.4) is 0 Å². The van der Waals surface area contributed by atoms with E-state index in [9.17, 15) is 0 Å². The number of likely N-dealkylation sites (N-methyl/N-ethyl adjacent to an activating group) is 1. The van der Waals surface area contributed by atoms with Crippen molar-refractivity contribution in [3.8, 4) is 0 Å². The minimum atomic E-state index is 0.613. The highest BCUT2D eigenvalue weighted by molar-refractivity contribution is 9.09. The molecule has 1 nitrogen and oxygen atoms in total. The molecule has 0 radical (unpaired) electrons. The van der Waals surface area contributed by atoms with Gasteiger partial charge in [0.1, 0.15) is 0 Å². The van der Waals surface area contributed by atoms with Gasteiger partial charge in [-0.3, -0.25) is 0 Å². The predicted octanol–water partition coefficient (Wildman–Crippen LogP) is 4.04. The largest absolute Gasteiger partial charge is 0.303 e. The van der Waals surface area contributed by atoms with Crippen molar-refractivity contribution in [2.24, 2.45) is 0 Å². The second-order valence-electron chi connectivity index (χ2n) is 5.14. The van der Waals surface area contributed by atoms with Crippen molar-refractivity contribution in [1.82, 2.24) is 4.90 Å². The molecule has 1 unspecified atom stereocenters. The van der Waals surface area contributed by atoms with E-state index < -0.39 is 0 Å². The SMILES string of the molecule is CN(CC(CBr)c1ccccc1)C1CCCC1. The Morgan fingerprint density at radius 1 is 1.24 bits per heavy atom. The zero-order valence-electron chi connectivity index (χ0n) is 10.6. The Hall–Kier alpha value is -0.340. The van der Waals surface area contributed by atoms with Crippen LogP contribution in [0.15, 0.2) is 30.3 Å². The van der Waals surface area contributed by atoms with Gasteiger partial charge in [-0.15, -0.1) is 0 Å². The Balaban J connectivity index is 1.95. The summed E-state index contributed by atoms with van der Waals surface area (Å²) in [6.45, 7) is 1.17. The minimum Gasteiger partial charge on any atom is -0.303 e. The van der Waals surface area contributed by atoms with E-state index in [1.54, 1.807) is 0 Å². The minimum absolute atomic E-state index is 0.613. The van der Waals surface area contributed by atoms with Crippen molar-refractivity contribution in [3.63, 3.8) is 0 Å². The molecular weight excluding hydrogens is 274 g/mol. The Bertz CT molecular complexity index is 319. The molecular formula is C15H22BrN. The van der Waals surface area contributed by atoms with E-state index in [-0.39, 0.29) is 0 Å². The molecule has 1 aliphatic rings. The van der Waals surface area contributed by atoms with Gasteiger partial charge in [-0.2, -0.15) is 0 Å². The van der Waals surface area contributed by atoms with Gasteiger partial charge < -0.3 is 4.90 Å². The summed E-state index contributed by atoms with van der Waals surface area (Å²) < 4.78 is 0. The van der Waals surface area contributed by atoms with Gasteiger partial charge in [0.05, 0.1) is 0 Å². The fourth-order valence-corrected chi connectivity index (χ4v) is 3.39. The fraction of sp³-hybridized carbons (Fsp3) is 0.600. The molecule has 1 aliphatic carbocycles. The number of hydrogen-bond acceptors (Lipinski definition) is 1. The zero-order chi connectivity index (χ0) is 12.1. The molecule has 0 bridgehead atoms. The quantitative estimate of drug-likeness (QED) is 0.741. The molecule has 1 aromatic carbocycles. The lowest BCUT2D eigenvalue weighted by atomic mass is 10.00. The van der Waals surface area contributed by atoms with Crippen molar-refractivity contribution in [1.29, 1.82) is 0 Å². The normalized spacial score (nSPS) is 18.8. The zero-order valence-corrected chi connectivity index (χ0v) is 12.2. The van der Waals surface area contributed by atoms with Crippen LogP contribution in [0.2, 0.25) is 0 Å². The molecule has 0 spiro atoms. The van der Waals surface area contributed by atoms with Crippen LogP contribution in [-0.2, 0) is 0 Å². The molecule has 0 saturated heterocycles. The molecule has 0 amide bonds. The Morgan fingerprint density at radius 2 is 1.88 bits per heavy atom. The first-order valence-electron chi connectivity index (χ1n) is 6.62. The van der Waals surface area contributed by atoms with Gasteiger partial charge in [0.15, 0.2) is 0 Å². The average molecular weight is 296 g/mol. The molecule has 0 aliphatic heterocycles. The molecule has 17 heavy (non-hydrogen) atoms. The van der Waals surface area contributed by atoms with E-state index in [0.717, 1.165) is 11.4 Å². The van der Waals surface area contributed by atoms with Gasteiger partial charge in [0, 0.05) is 23.8 Å². The number of rotatable bonds is 5. The summed E-state index contributed by atoms with van der Waals surface area (Å²) in [5.41, 5.74) is 1.45. The molecule has 0 aromatic heterocycles. The average Bonchev–Trinajstić information content (AvgIpc) is 2.90. The monoisotopic (exact) mass is 295 g/mol. The Kier molecular flexibility index (Phi) is 5.05. The maximum absolute atomic E-state index is 3.66. The van der Waals surface area contributed by atoms with E-state index in [1.165, 1.54) is 37.8 Å². The lowest BCUT2D eigenvalue weighted by Gasteiger charge is -2.28. The standard InChI is InChI=1S/C15H22BrN/c1-17(15-9-5-6-10-15)12-14(11-16)13-7-3-2-4-8-13/h2-4,7-8,14-15H,5-6,9-12H2,1H3. The van der Waals surface area contributed by atoms with Gasteiger partial charge in [0.25, 0.3) is 0 Å². The van der Waals surface area contributed by atoms with Crippen LogP contribution in [0.25, 0.3) is 0 Å². The molecule has 0 N–H and O–H groups in total. The van der Waals surface area contributed by atoms with Gasteiger partial charge in [-0.25, -0.2) is 0 Å². The summed E-state index contributed by atoms with van der Waals surface area (Å²) >= 11 is 3.66. The van der Waals surface area contributed by atoms with Crippen LogP contribution < -0.4 is 0 Å². The summed E-state index contributed by atoms with van der Waals surface area (Å²) in [4.78, 5) is 2.56. The molecule has 2 rings (SSSR count). The highest BCUT2D eigenvalue weighted by atomic mass is 79.9. The number of alkyl halides is 1. The summed E-state index contributed by atoms with van der Waals surface area (Å²) in [6, 6.07) is 11.7.